The summed E-state index contributed by atoms with van der Waals surface area (Å²) >= 11 is 0. The number of amides is 2. The van der Waals surface area contributed by atoms with Crippen molar-refractivity contribution in [1.82, 2.24) is 4.90 Å². The topological polar surface area (TPSA) is 58.4 Å². The number of rotatable bonds is 4. The van der Waals surface area contributed by atoms with E-state index in [0.29, 0.717) is 19.6 Å². The number of nitrogens with zero attached hydrogens (tertiary/aromatic N) is 1. The molecule has 0 spiro atoms. The van der Waals surface area contributed by atoms with Crippen molar-refractivity contribution in [2.75, 3.05) is 25.0 Å². The van der Waals surface area contributed by atoms with Crippen LogP contribution >= 0.6 is 0 Å². The van der Waals surface area contributed by atoms with Gasteiger partial charge in [-0.3, -0.25) is 0 Å². The van der Waals surface area contributed by atoms with Crippen molar-refractivity contribution in [1.29, 1.82) is 0 Å². The molecule has 19 heavy (non-hydrogen) atoms. The summed E-state index contributed by atoms with van der Waals surface area (Å²) < 4.78 is 0. The van der Waals surface area contributed by atoms with Gasteiger partial charge in [-0.1, -0.05) is 36.4 Å². The second-order valence-corrected chi connectivity index (χ2v) is 4.33. The summed E-state index contributed by atoms with van der Waals surface area (Å²) in [5.74, 6) is 0. The number of carbonyl (C=O) groups excluding carboxylic acids is 1. The summed E-state index contributed by atoms with van der Waals surface area (Å²) in [7, 11) is 0. The third kappa shape index (κ3) is 3.03. The first-order chi connectivity index (χ1) is 9.26. The van der Waals surface area contributed by atoms with Crippen LogP contribution in [0.4, 0.5) is 10.5 Å². The number of urea groups is 1. The molecule has 0 radical (unpaired) electrons. The number of hydrogen-bond donors (Lipinski definition) is 2. The largest absolute Gasteiger partial charge is 0.329 e. The van der Waals surface area contributed by atoms with Gasteiger partial charge in [0.05, 0.1) is 5.69 Å². The molecule has 0 heterocycles. The molecule has 2 rings (SSSR count). The lowest BCUT2D eigenvalue weighted by Crippen LogP contribution is -2.38. The van der Waals surface area contributed by atoms with Crippen LogP contribution in [0.2, 0.25) is 0 Å². The number of likely N-dealkylation sites (N-methyl/N-ethyl adjacent to an activating group) is 1. The van der Waals surface area contributed by atoms with Crippen molar-refractivity contribution in [2.45, 2.75) is 6.92 Å². The highest BCUT2D eigenvalue weighted by molar-refractivity contribution is 6.01. The van der Waals surface area contributed by atoms with Gasteiger partial charge in [-0.05, 0) is 18.4 Å². The number of nitrogens with one attached hydrogen (secondary N) is 1. The van der Waals surface area contributed by atoms with Crippen molar-refractivity contribution < 1.29 is 4.79 Å². The zero-order valence-electron chi connectivity index (χ0n) is 11.1. The maximum absolute atomic E-state index is 12.1. The molecule has 0 aliphatic rings. The van der Waals surface area contributed by atoms with Crippen molar-refractivity contribution in [2.24, 2.45) is 5.73 Å². The highest BCUT2D eigenvalue weighted by Gasteiger charge is 2.11. The minimum atomic E-state index is -0.107. The molecule has 0 aromatic heterocycles. The Morgan fingerprint density at radius 1 is 1.21 bits per heavy atom. The Labute approximate surface area is 113 Å². The Bertz CT molecular complexity index is 563. The molecule has 2 aromatic rings. The monoisotopic (exact) mass is 257 g/mol. The van der Waals surface area contributed by atoms with Crippen LogP contribution < -0.4 is 11.1 Å². The van der Waals surface area contributed by atoms with Crippen LogP contribution in [0.15, 0.2) is 42.5 Å². The van der Waals surface area contributed by atoms with E-state index in [1.807, 2.05) is 49.4 Å². The fourth-order valence-electron chi connectivity index (χ4n) is 2.09. The minimum Gasteiger partial charge on any atom is -0.329 e. The number of benzene rings is 2. The third-order valence-corrected chi connectivity index (χ3v) is 3.10. The van der Waals surface area contributed by atoms with Crippen LogP contribution in [0.25, 0.3) is 10.8 Å². The average Bonchev–Trinajstić information content (AvgIpc) is 2.45. The molecule has 3 N–H and O–H groups in total. The average molecular weight is 257 g/mol. The van der Waals surface area contributed by atoms with E-state index >= 15 is 0 Å². The molecule has 0 bridgehead atoms. The molecule has 2 amide bonds. The maximum Gasteiger partial charge on any atom is 0.321 e. The van der Waals surface area contributed by atoms with E-state index in [2.05, 4.69) is 5.32 Å². The van der Waals surface area contributed by atoms with Gasteiger partial charge in [0.25, 0.3) is 0 Å². The Kier molecular flexibility index (Phi) is 4.36. The van der Waals surface area contributed by atoms with E-state index < -0.39 is 0 Å². The van der Waals surface area contributed by atoms with Crippen LogP contribution in [-0.4, -0.2) is 30.6 Å². The summed E-state index contributed by atoms with van der Waals surface area (Å²) in [6.45, 7) is 3.62. The summed E-state index contributed by atoms with van der Waals surface area (Å²) in [6, 6.07) is 13.8. The predicted molar refractivity (Wildman–Crippen MR) is 79.3 cm³/mol. The Morgan fingerprint density at radius 2 is 1.95 bits per heavy atom. The highest BCUT2D eigenvalue weighted by atomic mass is 16.2. The Morgan fingerprint density at radius 3 is 2.68 bits per heavy atom. The number of fused-ring (bicyclic) bond motifs is 1. The second-order valence-electron chi connectivity index (χ2n) is 4.33. The standard InChI is InChI=1S/C15H19N3O/c1-2-18(11-10-16)15(19)17-14-9-5-7-12-6-3-4-8-13(12)14/h3-9H,2,10-11,16H2,1H3,(H,17,19). The van der Waals surface area contributed by atoms with Gasteiger partial charge in [-0.15, -0.1) is 0 Å². The molecule has 0 aliphatic carbocycles. The second kappa shape index (κ2) is 6.20. The van der Waals surface area contributed by atoms with Crippen LogP contribution in [0.1, 0.15) is 6.92 Å². The fourth-order valence-corrected chi connectivity index (χ4v) is 2.09. The van der Waals surface area contributed by atoms with Crippen LogP contribution in [0, 0.1) is 0 Å². The van der Waals surface area contributed by atoms with E-state index in [1.54, 1.807) is 4.90 Å². The van der Waals surface area contributed by atoms with Gasteiger partial charge in [0.1, 0.15) is 0 Å². The molecule has 0 aliphatic heterocycles. The molecular weight excluding hydrogens is 238 g/mol. The molecule has 2 aromatic carbocycles. The quantitative estimate of drug-likeness (QED) is 0.884. The first-order valence-electron chi connectivity index (χ1n) is 6.50. The molecule has 4 nitrogen and oxygen atoms in total. The summed E-state index contributed by atoms with van der Waals surface area (Å²) in [5.41, 5.74) is 6.34. The molecule has 0 unspecified atom stereocenters. The van der Waals surface area contributed by atoms with Crippen LogP contribution in [0.5, 0.6) is 0 Å². The zero-order chi connectivity index (χ0) is 13.7. The van der Waals surface area contributed by atoms with Crippen LogP contribution in [0.3, 0.4) is 0 Å². The fraction of sp³-hybridized carbons (Fsp3) is 0.267. The van der Waals surface area contributed by atoms with E-state index in [-0.39, 0.29) is 6.03 Å². The predicted octanol–water partition coefficient (Wildman–Crippen LogP) is 2.65. The SMILES string of the molecule is CCN(CCN)C(=O)Nc1cccc2ccccc12. The Balaban J connectivity index is 2.23. The van der Waals surface area contributed by atoms with Crippen molar-refractivity contribution >= 4 is 22.5 Å². The van der Waals surface area contributed by atoms with Crippen molar-refractivity contribution in [3.63, 3.8) is 0 Å². The van der Waals surface area contributed by atoms with Crippen molar-refractivity contribution in [3.05, 3.63) is 42.5 Å². The van der Waals surface area contributed by atoms with Crippen molar-refractivity contribution in [3.8, 4) is 0 Å². The molecule has 4 heteroatoms. The highest BCUT2D eigenvalue weighted by Crippen LogP contribution is 2.23. The number of carbonyl (C=O) groups is 1. The lowest BCUT2D eigenvalue weighted by Gasteiger charge is -2.21. The van der Waals surface area contributed by atoms with E-state index in [0.717, 1.165) is 16.5 Å². The van der Waals surface area contributed by atoms with E-state index in [1.165, 1.54) is 0 Å². The maximum atomic E-state index is 12.1. The van der Waals surface area contributed by atoms with Gasteiger partial charge in [-0.2, -0.15) is 0 Å². The van der Waals surface area contributed by atoms with Gasteiger partial charge < -0.3 is 16.0 Å². The number of nitrogens with two attached hydrogens (primary N) is 1. The van der Waals surface area contributed by atoms with Gasteiger partial charge >= 0.3 is 6.03 Å². The molecular formula is C15H19N3O. The summed E-state index contributed by atoms with van der Waals surface area (Å²) in [6.07, 6.45) is 0. The zero-order valence-corrected chi connectivity index (χ0v) is 11.1. The van der Waals surface area contributed by atoms with Gasteiger partial charge in [0, 0.05) is 25.0 Å². The van der Waals surface area contributed by atoms with Crippen LogP contribution in [-0.2, 0) is 0 Å². The first kappa shape index (κ1) is 13.4. The lowest BCUT2D eigenvalue weighted by molar-refractivity contribution is 0.216. The Hall–Kier alpha value is -2.07. The summed E-state index contributed by atoms with van der Waals surface area (Å²) in [4.78, 5) is 13.8. The minimum absolute atomic E-state index is 0.107. The first-order valence-corrected chi connectivity index (χ1v) is 6.50. The molecule has 100 valence electrons. The van der Waals surface area contributed by atoms with Gasteiger partial charge in [0.2, 0.25) is 0 Å². The number of anilines is 1. The van der Waals surface area contributed by atoms with Gasteiger partial charge in [0.15, 0.2) is 0 Å². The number of hydrogen-bond acceptors (Lipinski definition) is 2. The van der Waals surface area contributed by atoms with E-state index in [4.69, 9.17) is 5.73 Å². The third-order valence-electron chi connectivity index (χ3n) is 3.10. The lowest BCUT2D eigenvalue weighted by atomic mass is 10.1. The molecule has 0 saturated heterocycles. The van der Waals surface area contributed by atoms with Gasteiger partial charge in [-0.25, -0.2) is 4.79 Å². The molecule has 0 saturated carbocycles. The van der Waals surface area contributed by atoms with E-state index in [9.17, 15) is 4.79 Å². The summed E-state index contributed by atoms with van der Waals surface area (Å²) in [5, 5.41) is 5.11. The molecule has 0 fully saturated rings. The smallest absolute Gasteiger partial charge is 0.321 e. The molecule has 0 atom stereocenters. The normalized spacial score (nSPS) is 10.4.